The van der Waals surface area contributed by atoms with E-state index in [9.17, 15) is 0 Å². The van der Waals surface area contributed by atoms with E-state index in [0.717, 1.165) is 13.0 Å². The van der Waals surface area contributed by atoms with E-state index in [1.54, 1.807) is 0 Å². The zero-order valence-electron chi connectivity index (χ0n) is 20.0. The minimum atomic E-state index is -1.83. The van der Waals surface area contributed by atoms with Crippen molar-refractivity contribution in [1.82, 2.24) is 0 Å². The minimum absolute atomic E-state index is 0.202. The lowest BCUT2D eigenvalue weighted by Crippen LogP contribution is -2.46. The van der Waals surface area contributed by atoms with Crippen LogP contribution < -0.4 is 0 Å². The van der Waals surface area contributed by atoms with Crippen LogP contribution in [0.25, 0.3) is 0 Å². The van der Waals surface area contributed by atoms with Crippen molar-refractivity contribution in [2.24, 2.45) is 5.92 Å². The zero-order chi connectivity index (χ0) is 21.7. The number of hydrogen-bond donors (Lipinski definition) is 0. The van der Waals surface area contributed by atoms with Gasteiger partial charge in [-0.25, -0.2) is 0 Å². The summed E-state index contributed by atoms with van der Waals surface area (Å²) in [6.07, 6.45) is 5.66. The topological polar surface area (TPSA) is 18.5 Å². The van der Waals surface area contributed by atoms with Crippen LogP contribution in [0.5, 0.6) is 0 Å². The number of allylic oxidation sites excluding steroid dienone is 2. The molecule has 5 heteroatoms. The van der Waals surface area contributed by atoms with Gasteiger partial charge in [0, 0.05) is 6.61 Å². The number of halogens is 1. The molecule has 0 fully saturated rings. The van der Waals surface area contributed by atoms with Crippen molar-refractivity contribution in [2.45, 2.75) is 104 Å². The molecule has 0 aromatic heterocycles. The second-order valence-electron chi connectivity index (χ2n) is 10.9. The molecule has 0 saturated carbocycles. The van der Waals surface area contributed by atoms with E-state index >= 15 is 0 Å². The van der Waals surface area contributed by atoms with Crippen molar-refractivity contribution in [2.75, 3.05) is 6.61 Å². The van der Waals surface area contributed by atoms with E-state index in [1.165, 1.54) is 5.57 Å². The van der Waals surface area contributed by atoms with E-state index in [2.05, 4.69) is 120 Å². The highest BCUT2D eigenvalue weighted by Gasteiger charge is 2.41. The maximum atomic E-state index is 6.85. The van der Waals surface area contributed by atoms with E-state index in [-0.39, 0.29) is 16.2 Å². The number of hydrogen-bond acceptors (Lipinski definition) is 2. The highest BCUT2D eigenvalue weighted by atomic mass is 127. The molecule has 0 bridgehead atoms. The quantitative estimate of drug-likeness (QED) is 0.172. The van der Waals surface area contributed by atoms with Crippen LogP contribution in [0, 0.1) is 5.92 Å². The summed E-state index contributed by atoms with van der Waals surface area (Å²) in [7, 11) is -3.54. The van der Waals surface area contributed by atoms with E-state index in [4.69, 9.17) is 8.85 Å². The van der Waals surface area contributed by atoms with Crippen molar-refractivity contribution in [3.05, 3.63) is 21.8 Å². The van der Waals surface area contributed by atoms with Crippen LogP contribution in [-0.4, -0.2) is 29.3 Å². The molecule has 0 aliphatic heterocycles. The summed E-state index contributed by atoms with van der Waals surface area (Å²) in [5.41, 5.74) is 1.30. The van der Waals surface area contributed by atoms with Crippen LogP contribution in [0.1, 0.15) is 61.8 Å². The smallest absolute Gasteiger partial charge is 0.192 e. The first-order chi connectivity index (χ1) is 11.9. The van der Waals surface area contributed by atoms with Crippen molar-refractivity contribution >= 4 is 39.2 Å². The number of rotatable bonds is 9. The molecule has 0 aliphatic carbocycles. The van der Waals surface area contributed by atoms with Gasteiger partial charge >= 0.3 is 0 Å². The molecule has 0 rings (SSSR count). The Kier molecular flexibility index (Phi) is 10.8. The molecule has 27 heavy (non-hydrogen) atoms. The molecule has 0 aromatic rings. The predicted octanol–water partition coefficient (Wildman–Crippen LogP) is 8.32. The summed E-state index contributed by atoms with van der Waals surface area (Å²) in [5.74, 6) is 0.370. The molecule has 0 unspecified atom stereocenters. The fraction of sp³-hybridized carbons (Fsp3) is 0.818. The minimum Gasteiger partial charge on any atom is -0.417 e. The monoisotopic (exact) mass is 524 g/mol. The third-order valence-corrected chi connectivity index (χ3v) is 15.8. The van der Waals surface area contributed by atoms with Gasteiger partial charge in [0.05, 0.1) is 6.10 Å². The van der Waals surface area contributed by atoms with Crippen LogP contribution in [0.2, 0.25) is 36.3 Å². The molecule has 0 heterocycles. The zero-order valence-corrected chi connectivity index (χ0v) is 24.2. The maximum absolute atomic E-state index is 6.85. The molecule has 0 aromatic carbocycles. The first-order valence-electron chi connectivity index (χ1n) is 10.2. The molecular weight excluding hydrogens is 479 g/mol. The summed E-state index contributed by atoms with van der Waals surface area (Å²) in [5, 5.41) is 0.460. The first-order valence-corrected chi connectivity index (χ1v) is 17.3. The molecule has 0 saturated heterocycles. The fourth-order valence-electron chi connectivity index (χ4n) is 2.31. The van der Waals surface area contributed by atoms with Crippen LogP contribution >= 0.6 is 22.6 Å². The lowest BCUT2D eigenvalue weighted by atomic mass is 9.99. The Morgan fingerprint density at radius 3 is 1.85 bits per heavy atom. The second-order valence-corrected chi connectivity index (χ2v) is 21.2. The standard InChI is InChI=1S/C22H45IO2Si2/c1-18(13-15-23)17-19(2)20(25-27(11,12)22(6,7)8)14-16-24-26(9,10)21(3,4)5/h13,15,17,19-20H,14,16H2,1-12H3/t19-,20-/m0/s1. The molecule has 0 spiro atoms. The first kappa shape index (κ1) is 27.6. The lowest BCUT2D eigenvalue weighted by molar-refractivity contribution is 0.113. The Balaban J connectivity index is 5.34. The van der Waals surface area contributed by atoms with Gasteiger partial charge < -0.3 is 8.85 Å². The largest absolute Gasteiger partial charge is 0.417 e. The second kappa shape index (κ2) is 10.6. The molecule has 0 aliphatic rings. The van der Waals surface area contributed by atoms with Crippen LogP contribution in [-0.2, 0) is 8.85 Å². The van der Waals surface area contributed by atoms with Gasteiger partial charge in [-0.15, -0.1) is 0 Å². The SMILES string of the molecule is CC(C=CI)=C[C@H](C)[C@H](CCO[Si](C)(C)C(C)(C)C)O[Si](C)(C)C(C)(C)C. The van der Waals surface area contributed by atoms with Crippen molar-refractivity contribution in [3.8, 4) is 0 Å². The summed E-state index contributed by atoms with van der Waals surface area (Å²) in [6, 6.07) is 0. The summed E-state index contributed by atoms with van der Waals surface area (Å²) in [6.45, 7) is 28.4. The highest BCUT2D eigenvalue weighted by Crippen LogP contribution is 2.39. The highest BCUT2D eigenvalue weighted by molar-refractivity contribution is 14.1. The van der Waals surface area contributed by atoms with Gasteiger partial charge in [0.1, 0.15) is 0 Å². The van der Waals surface area contributed by atoms with Crippen LogP contribution in [0.15, 0.2) is 21.8 Å². The van der Waals surface area contributed by atoms with Gasteiger partial charge in [-0.3, -0.25) is 0 Å². The summed E-state index contributed by atoms with van der Waals surface area (Å²) < 4.78 is 15.4. The average Bonchev–Trinajstić information content (AvgIpc) is 2.43. The van der Waals surface area contributed by atoms with Crippen LogP contribution in [0.3, 0.4) is 0 Å². The summed E-state index contributed by atoms with van der Waals surface area (Å²) >= 11 is 2.28. The van der Waals surface area contributed by atoms with Crippen molar-refractivity contribution < 1.29 is 8.85 Å². The third-order valence-electron chi connectivity index (χ3n) is 6.36. The van der Waals surface area contributed by atoms with Gasteiger partial charge in [0.2, 0.25) is 0 Å². The Bertz CT molecular complexity index is 511. The van der Waals surface area contributed by atoms with E-state index in [0.29, 0.717) is 5.92 Å². The average molecular weight is 525 g/mol. The van der Waals surface area contributed by atoms with Crippen molar-refractivity contribution in [3.63, 3.8) is 0 Å². The van der Waals surface area contributed by atoms with Gasteiger partial charge in [-0.05, 0) is 59.6 Å². The molecule has 160 valence electrons. The van der Waals surface area contributed by atoms with Gasteiger partial charge in [-0.1, -0.05) is 88.8 Å². The Hall–Kier alpha value is 0.564. The van der Waals surface area contributed by atoms with Crippen LogP contribution in [0.4, 0.5) is 0 Å². The molecular formula is C22H45IO2Si2. The predicted molar refractivity (Wildman–Crippen MR) is 136 cm³/mol. The normalized spacial score (nSPS) is 17.4. The van der Waals surface area contributed by atoms with E-state index < -0.39 is 16.6 Å². The van der Waals surface area contributed by atoms with E-state index in [1.807, 2.05) is 0 Å². The molecule has 0 amide bonds. The van der Waals surface area contributed by atoms with Gasteiger partial charge in [-0.2, -0.15) is 0 Å². The Morgan fingerprint density at radius 2 is 1.44 bits per heavy atom. The molecule has 0 N–H and O–H groups in total. The summed E-state index contributed by atoms with van der Waals surface area (Å²) in [4.78, 5) is 0. The third kappa shape index (κ3) is 9.28. The lowest BCUT2D eigenvalue weighted by Gasteiger charge is -2.41. The van der Waals surface area contributed by atoms with Gasteiger partial charge in [0.15, 0.2) is 16.6 Å². The Labute approximate surface area is 186 Å². The van der Waals surface area contributed by atoms with Crippen molar-refractivity contribution in [1.29, 1.82) is 0 Å². The Morgan fingerprint density at radius 1 is 0.963 bits per heavy atom. The maximum Gasteiger partial charge on any atom is 0.192 e. The molecule has 2 nitrogen and oxygen atoms in total. The molecule has 0 radical (unpaired) electrons. The molecule has 2 atom stereocenters. The van der Waals surface area contributed by atoms with Gasteiger partial charge in [0.25, 0.3) is 0 Å². The fourth-order valence-corrected chi connectivity index (χ4v) is 5.38.